The smallest absolute Gasteiger partial charge is 0.333 e. The molecule has 2 atom stereocenters. The van der Waals surface area contributed by atoms with Crippen LogP contribution in [0, 0.1) is 0 Å². The van der Waals surface area contributed by atoms with Gasteiger partial charge in [-0.05, 0) is 17.7 Å². The summed E-state index contributed by atoms with van der Waals surface area (Å²) in [5.74, 6) is -1.05. The Morgan fingerprint density at radius 3 is 2.33 bits per heavy atom. The summed E-state index contributed by atoms with van der Waals surface area (Å²) < 4.78 is 10.4. The minimum Gasteiger partial charge on any atom is -0.467 e. The highest BCUT2D eigenvalue weighted by Gasteiger charge is 2.25. The van der Waals surface area contributed by atoms with Crippen LogP contribution in [0.25, 0.3) is 0 Å². The summed E-state index contributed by atoms with van der Waals surface area (Å²) in [6, 6.07) is 5.23. The predicted molar refractivity (Wildman–Crippen MR) is 84.1 cm³/mol. The molecule has 1 aromatic rings. The van der Waals surface area contributed by atoms with Crippen LogP contribution in [0.4, 0.5) is 0 Å². The van der Waals surface area contributed by atoms with E-state index in [4.69, 9.17) is 15.2 Å². The van der Waals surface area contributed by atoms with Crippen molar-refractivity contribution in [1.82, 2.24) is 5.32 Å². The molecule has 0 saturated heterocycles. The van der Waals surface area contributed by atoms with Crippen molar-refractivity contribution in [2.45, 2.75) is 12.1 Å². The zero-order valence-electron chi connectivity index (χ0n) is 11.7. The van der Waals surface area contributed by atoms with Gasteiger partial charge in [-0.3, -0.25) is 4.79 Å². The normalized spacial score (nSPS) is 12.8. The average molecular weight is 382 g/mol. The van der Waals surface area contributed by atoms with Crippen LogP contribution >= 0.6 is 28.3 Å². The molecule has 3 N–H and O–H groups in total. The molecule has 1 amide bonds. The molecule has 0 aromatic heterocycles. The molecule has 0 spiro atoms. The van der Waals surface area contributed by atoms with E-state index in [0.717, 1.165) is 4.47 Å². The summed E-state index contributed by atoms with van der Waals surface area (Å²) in [5.41, 5.74) is 6.23. The molecular weight excluding hydrogens is 364 g/mol. The van der Waals surface area contributed by atoms with Gasteiger partial charge in [0.1, 0.15) is 6.04 Å². The van der Waals surface area contributed by atoms with Crippen LogP contribution in [-0.2, 0) is 19.1 Å². The van der Waals surface area contributed by atoms with Crippen LogP contribution in [0.3, 0.4) is 0 Å². The highest BCUT2D eigenvalue weighted by molar-refractivity contribution is 9.10. The van der Waals surface area contributed by atoms with Gasteiger partial charge >= 0.3 is 5.97 Å². The summed E-state index contributed by atoms with van der Waals surface area (Å²) in [6.07, 6.45) is 0. The van der Waals surface area contributed by atoms with Gasteiger partial charge in [0, 0.05) is 11.6 Å². The lowest BCUT2D eigenvalue weighted by molar-refractivity contribution is -0.145. The molecule has 6 nitrogen and oxygen atoms in total. The number of esters is 1. The van der Waals surface area contributed by atoms with Gasteiger partial charge in [-0.25, -0.2) is 4.79 Å². The van der Waals surface area contributed by atoms with E-state index in [1.807, 2.05) is 0 Å². The van der Waals surface area contributed by atoms with Crippen molar-refractivity contribution in [3.05, 3.63) is 34.3 Å². The second kappa shape index (κ2) is 9.73. The Labute approximate surface area is 137 Å². The summed E-state index contributed by atoms with van der Waals surface area (Å²) in [7, 11) is 2.70. The van der Waals surface area contributed by atoms with E-state index in [9.17, 15) is 9.59 Å². The van der Waals surface area contributed by atoms with Crippen molar-refractivity contribution in [1.29, 1.82) is 0 Å². The monoisotopic (exact) mass is 380 g/mol. The highest BCUT2D eigenvalue weighted by Crippen LogP contribution is 2.18. The maximum atomic E-state index is 11.9. The third-order valence-corrected chi connectivity index (χ3v) is 3.14. The number of carbonyl (C=O) groups excluding carboxylic acids is 2. The van der Waals surface area contributed by atoms with E-state index in [-0.39, 0.29) is 19.0 Å². The zero-order valence-corrected chi connectivity index (χ0v) is 14.1. The fourth-order valence-electron chi connectivity index (χ4n) is 1.56. The van der Waals surface area contributed by atoms with E-state index >= 15 is 0 Å². The third kappa shape index (κ3) is 6.01. The van der Waals surface area contributed by atoms with E-state index in [0.29, 0.717) is 5.56 Å². The highest BCUT2D eigenvalue weighted by atomic mass is 79.9. The second-order valence-corrected chi connectivity index (χ2v) is 4.99. The number of ether oxygens (including phenoxy) is 2. The molecular formula is C13H18BrClN2O4. The number of hydrogen-bond acceptors (Lipinski definition) is 5. The minimum atomic E-state index is -0.900. The molecule has 0 radical (unpaired) electrons. The number of carbonyl (C=O) groups is 2. The van der Waals surface area contributed by atoms with Gasteiger partial charge < -0.3 is 20.5 Å². The standard InChI is InChI=1S/C13H17BrN2O4.ClH/c1-19-7-10(15)12(17)16-11(13(18)20-2)8-3-5-9(14)6-4-8;/h3-6,10-11H,7,15H2,1-2H3,(H,16,17);1H. The van der Waals surface area contributed by atoms with Crippen LogP contribution in [0.5, 0.6) is 0 Å². The molecule has 1 rings (SSSR count). The van der Waals surface area contributed by atoms with Crippen molar-refractivity contribution in [2.24, 2.45) is 5.73 Å². The van der Waals surface area contributed by atoms with E-state index in [1.54, 1.807) is 24.3 Å². The maximum absolute atomic E-state index is 11.9. The number of halogens is 2. The second-order valence-electron chi connectivity index (χ2n) is 4.08. The largest absolute Gasteiger partial charge is 0.467 e. The number of nitrogens with two attached hydrogens (primary N) is 1. The predicted octanol–water partition coefficient (Wildman–Crippen LogP) is 1.17. The van der Waals surface area contributed by atoms with Crippen molar-refractivity contribution >= 4 is 40.2 Å². The Balaban J connectivity index is 0.00000400. The van der Waals surface area contributed by atoms with Crippen molar-refractivity contribution in [2.75, 3.05) is 20.8 Å². The van der Waals surface area contributed by atoms with Crippen LogP contribution in [0.15, 0.2) is 28.7 Å². The molecule has 21 heavy (non-hydrogen) atoms. The summed E-state index contributed by atoms with van der Waals surface area (Å²) in [4.78, 5) is 23.7. The quantitative estimate of drug-likeness (QED) is 0.722. The van der Waals surface area contributed by atoms with Crippen molar-refractivity contribution < 1.29 is 19.1 Å². The summed E-state index contributed by atoms with van der Waals surface area (Å²) in [5, 5.41) is 2.55. The van der Waals surface area contributed by atoms with E-state index < -0.39 is 24.0 Å². The lowest BCUT2D eigenvalue weighted by Crippen LogP contribution is -2.46. The first-order chi connectivity index (χ1) is 9.49. The lowest BCUT2D eigenvalue weighted by atomic mass is 10.1. The first-order valence-corrected chi connectivity index (χ1v) is 6.67. The molecule has 0 aliphatic heterocycles. The number of hydrogen-bond donors (Lipinski definition) is 2. The third-order valence-electron chi connectivity index (χ3n) is 2.61. The fourth-order valence-corrected chi connectivity index (χ4v) is 1.82. The Hall–Kier alpha value is -1.15. The molecule has 0 saturated carbocycles. The number of benzene rings is 1. The topological polar surface area (TPSA) is 90.6 Å². The van der Waals surface area contributed by atoms with Gasteiger partial charge in [-0.15, -0.1) is 12.4 Å². The van der Waals surface area contributed by atoms with Gasteiger partial charge in [0.15, 0.2) is 6.04 Å². The Kier molecular flexibility index (Phi) is 9.19. The van der Waals surface area contributed by atoms with Gasteiger partial charge in [0.05, 0.1) is 13.7 Å². The number of nitrogens with one attached hydrogen (secondary N) is 1. The number of rotatable bonds is 6. The molecule has 0 heterocycles. The zero-order chi connectivity index (χ0) is 15.1. The van der Waals surface area contributed by atoms with Crippen molar-refractivity contribution in [3.63, 3.8) is 0 Å². The molecule has 8 heteroatoms. The maximum Gasteiger partial charge on any atom is 0.333 e. The SMILES string of the molecule is COCC(N)C(=O)NC(C(=O)OC)c1ccc(Br)cc1.Cl. The van der Waals surface area contributed by atoms with Crippen LogP contribution < -0.4 is 11.1 Å². The molecule has 0 aliphatic rings. The lowest BCUT2D eigenvalue weighted by Gasteiger charge is -2.19. The summed E-state index contributed by atoms with van der Waals surface area (Å²) >= 11 is 3.30. The summed E-state index contributed by atoms with van der Waals surface area (Å²) in [6.45, 7) is 0.0695. The molecule has 1 aromatic carbocycles. The van der Waals surface area contributed by atoms with Gasteiger partial charge in [-0.2, -0.15) is 0 Å². The van der Waals surface area contributed by atoms with Gasteiger partial charge in [0.25, 0.3) is 0 Å². The van der Waals surface area contributed by atoms with Crippen LogP contribution in [0.2, 0.25) is 0 Å². The Bertz CT molecular complexity index is 470. The minimum absolute atomic E-state index is 0. The van der Waals surface area contributed by atoms with Crippen molar-refractivity contribution in [3.8, 4) is 0 Å². The first-order valence-electron chi connectivity index (χ1n) is 5.87. The molecule has 0 bridgehead atoms. The number of amides is 1. The Morgan fingerprint density at radius 1 is 1.29 bits per heavy atom. The van der Waals surface area contributed by atoms with E-state index in [1.165, 1.54) is 14.2 Å². The van der Waals surface area contributed by atoms with Gasteiger partial charge in [0.2, 0.25) is 5.91 Å². The Morgan fingerprint density at radius 2 is 1.86 bits per heavy atom. The average Bonchev–Trinajstić information content (AvgIpc) is 2.45. The molecule has 0 aliphatic carbocycles. The number of methoxy groups -OCH3 is 2. The molecule has 0 fully saturated rings. The van der Waals surface area contributed by atoms with Gasteiger partial charge in [-0.1, -0.05) is 28.1 Å². The molecule has 2 unspecified atom stereocenters. The molecule has 118 valence electrons. The van der Waals surface area contributed by atoms with E-state index in [2.05, 4.69) is 21.2 Å². The fraction of sp³-hybridized carbons (Fsp3) is 0.385. The van der Waals surface area contributed by atoms with Crippen LogP contribution in [-0.4, -0.2) is 38.7 Å². The first kappa shape index (κ1) is 19.9. The van der Waals surface area contributed by atoms with Crippen LogP contribution in [0.1, 0.15) is 11.6 Å².